The van der Waals surface area contributed by atoms with E-state index in [0.29, 0.717) is 18.3 Å². The Labute approximate surface area is 354 Å². The van der Waals surface area contributed by atoms with Gasteiger partial charge >= 0.3 is 88.7 Å². The van der Waals surface area contributed by atoms with E-state index in [1.54, 1.807) is 6.92 Å². The molecule has 0 aliphatic heterocycles. The largest absolute Gasteiger partial charge is 1.00 e. The summed E-state index contributed by atoms with van der Waals surface area (Å²) in [6.45, 7) is 19.2. The Morgan fingerprint density at radius 3 is 1.88 bits per heavy atom. The van der Waals surface area contributed by atoms with Crippen molar-refractivity contribution in [3.8, 4) is 0 Å². The van der Waals surface area contributed by atoms with Crippen molar-refractivity contribution in [3.05, 3.63) is 23.8 Å². The SMILES string of the molecule is C=C(CCC(C)[C@H]1CC[C@@]2(C)[C@@H]3C[C@H](OS(=O)(=O)[O-])[C@H]4C[C@H](OS(=O)(=O)[O-])[C@@H](OS(=O)(=O)[O-])C[C@]4(C)C3=CC[C@]12C)C(C)(C)C.[Na+].[Na+].[Na+]. The van der Waals surface area contributed by atoms with Crippen molar-refractivity contribution in [2.45, 2.75) is 118 Å². The van der Waals surface area contributed by atoms with E-state index in [4.69, 9.17) is 8.37 Å². The summed E-state index contributed by atoms with van der Waals surface area (Å²) in [5, 5.41) is 0. The maximum absolute atomic E-state index is 12.0. The summed E-state index contributed by atoms with van der Waals surface area (Å²) >= 11 is 0. The van der Waals surface area contributed by atoms with E-state index in [-0.39, 0.29) is 124 Å². The molecule has 0 amide bonds. The number of hydrogen-bond donors (Lipinski definition) is 0. The van der Waals surface area contributed by atoms with Crippen molar-refractivity contribution in [1.82, 2.24) is 0 Å². The topological polar surface area (TPSA) is 199 Å². The van der Waals surface area contributed by atoms with E-state index in [0.717, 1.165) is 31.3 Å². The van der Waals surface area contributed by atoms with Crippen LogP contribution < -0.4 is 88.7 Å². The molecular formula is C30H47Na3O12S3. The van der Waals surface area contributed by atoms with Crippen LogP contribution in [0.1, 0.15) is 99.8 Å². The average molecular weight is 765 g/mol. The van der Waals surface area contributed by atoms with Crippen LogP contribution in [0, 0.1) is 45.3 Å². The van der Waals surface area contributed by atoms with Crippen LogP contribution in [-0.4, -0.2) is 57.2 Å². The fourth-order valence-corrected chi connectivity index (χ4v) is 11.1. The smallest absolute Gasteiger partial charge is 0.726 e. The van der Waals surface area contributed by atoms with Crippen LogP contribution in [0.4, 0.5) is 0 Å². The molecule has 3 fully saturated rings. The molecule has 0 aromatic heterocycles. The Morgan fingerprint density at radius 1 is 0.875 bits per heavy atom. The molecule has 260 valence electrons. The van der Waals surface area contributed by atoms with Gasteiger partial charge in [-0.15, -0.1) is 0 Å². The number of allylic oxidation sites excluding steroid dienone is 3. The van der Waals surface area contributed by atoms with E-state index < -0.39 is 67.3 Å². The van der Waals surface area contributed by atoms with Gasteiger partial charge in [0.2, 0.25) is 31.2 Å². The minimum atomic E-state index is -5.38. The molecule has 0 saturated heterocycles. The summed E-state index contributed by atoms with van der Waals surface area (Å²) in [7, 11) is -15.9. The third-order valence-electron chi connectivity index (χ3n) is 12.3. The van der Waals surface area contributed by atoms with Crippen molar-refractivity contribution in [3.63, 3.8) is 0 Å². The van der Waals surface area contributed by atoms with Gasteiger partial charge in [0, 0.05) is 0 Å². The Hall–Kier alpha value is 2.09. The number of hydrogen-bond acceptors (Lipinski definition) is 12. The second kappa shape index (κ2) is 16.4. The first kappa shape index (κ1) is 48.1. The summed E-state index contributed by atoms with van der Waals surface area (Å²) in [4.78, 5) is 0. The van der Waals surface area contributed by atoms with E-state index in [2.05, 4.69) is 58.4 Å². The van der Waals surface area contributed by atoms with Crippen LogP contribution in [0.3, 0.4) is 0 Å². The minimum Gasteiger partial charge on any atom is -0.726 e. The first-order chi connectivity index (χ1) is 20.2. The standard InChI is InChI=1S/C30H50O12S3.3Na/c1-18(9-10-19(2)27(3,4)5)20-11-13-30(8)22-15-24(40-43(31,32)33)23-16-25(41-44(34,35)36)26(42-45(37,38)39)17-28(23,6)21(22)12-14-29(20,30)7;;;/h12,18,20,22-26H,2,9-11,13-17H2,1,3-8H3,(H,31,32,33)(H,34,35,36)(H,37,38,39);;;/q;3*+1/p-3/t18?,20-,22-,23-,24+,25+,26+,28-,29-,30+;;;/m1.../s1. The predicted molar refractivity (Wildman–Crippen MR) is 161 cm³/mol. The van der Waals surface area contributed by atoms with Gasteiger partial charge < -0.3 is 13.7 Å². The van der Waals surface area contributed by atoms with Gasteiger partial charge in [0.05, 0.1) is 6.10 Å². The van der Waals surface area contributed by atoms with Crippen LogP contribution in [-0.2, 0) is 43.7 Å². The Morgan fingerprint density at radius 2 is 1.38 bits per heavy atom. The molecule has 12 nitrogen and oxygen atoms in total. The van der Waals surface area contributed by atoms with Crippen molar-refractivity contribution >= 4 is 31.2 Å². The van der Waals surface area contributed by atoms with Gasteiger partial charge in [0.25, 0.3) is 0 Å². The molecule has 0 aromatic carbocycles. The summed E-state index contributed by atoms with van der Waals surface area (Å²) in [5.74, 6) is -0.420. The molecule has 4 aliphatic carbocycles. The maximum Gasteiger partial charge on any atom is 1.00 e. The zero-order valence-corrected chi connectivity index (χ0v) is 38.6. The zero-order chi connectivity index (χ0) is 34.2. The molecule has 0 heterocycles. The van der Waals surface area contributed by atoms with E-state index in [9.17, 15) is 38.9 Å². The van der Waals surface area contributed by atoms with Crippen molar-refractivity contribution in [2.24, 2.45) is 45.3 Å². The molecule has 0 N–H and O–H groups in total. The monoisotopic (exact) mass is 764 g/mol. The third kappa shape index (κ3) is 10.2. The first-order valence-electron chi connectivity index (χ1n) is 15.5. The van der Waals surface area contributed by atoms with Gasteiger partial charge in [-0.3, -0.25) is 12.5 Å². The Balaban J connectivity index is 0.00000384. The van der Waals surface area contributed by atoms with Crippen molar-refractivity contribution < 1.29 is 140 Å². The van der Waals surface area contributed by atoms with Gasteiger partial charge in [-0.05, 0) is 96.7 Å². The van der Waals surface area contributed by atoms with Crippen LogP contribution in [0.25, 0.3) is 0 Å². The summed E-state index contributed by atoms with van der Waals surface area (Å²) in [6, 6.07) is 0. The van der Waals surface area contributed by atoms with Gasteiger partial charge in [-0.2, -0.15) is 0 Å². The molecule has 0 spiro atoms. The van der Waals surface area contributed by atoms with Gasteiger partial charge in [-0.1, -0.05) is 72.3 Å². The molecule has 3 saturated carbocycles. The van der Waals surface area contributed by atoms with Crippen LogP contribution in [0.5, 0.6) is 0 Å². The normalized spacial score (nSPS) is 37.2. The van der Waals surface area contributed by atoms with Crippen molar-refractivity contribution in [2.75, 3.05) is 0 Å². The van der Waals surface area contributed by atoms with Gasteiger partial charge in [0.1, 0.15) is 12.2 Å². The molecule has 1 unspecified atom stereocenters. The van der Waals surface area contributed by atoms with E-state index in [1.165, 1.54) is 5.57 Å². The molecular weight excluding hydrogens is 717 g/mol. The second-order valence-corrected chi connectivity index (χ2v) is 18.6. The van der Waals surface area contributed by atoms with Crippen LogP contribution in [0.15, 0.2) is 23.8 Å². The summed E-state index contributed by atoms with van der Waals surface area (Å²) < 4.78 is 120. The number of rotatable bonds is 10. The van der Waals surface area contributed by atoms with Gasteiger partial charge in [-0.25, -0.2) is 25.3 Å². The Bertz CT molecular complexity index is 1550. The molecule has 0 bridgehead atoms. The zero-order valence-electron chi connectivity index (χ0n) is 30.1. The molecule has 0 radical (unpaired) electrons. The van der Waals surface area contributed by atoms with Crippen LogP contribution >= 0.6 is 0 Å². The Kier molecular flexibility index (Phi) is 16.5. The molecule has 4 aliphatic rings. The quantitative estimate of drug-likeness (QED) is 0.0900. The predicted octanol–water partition coefficient (Wildman–Crippen LogP) is -4.26. The fourth-order valence-electron chi connectivity index (χ4n) is 9.57. The van der Waals surface area contributed by atoms with Crippen LogP contribution in [0.2, 0.25) is 0 Å². The molecule has 0 aromatic rings. The molecule has 4 rings (SSSR count). The van der Waals surface area contributed by atoms with E-state index in [1.807, 2.05) is 0 Å². The third-order valence-corrected chi connectivity index (χ3v) is 13.7. The summed E-state index contributed by atoms with van der Waals surface area (Å²) in [5.41, 5.74) is 0.488. The second-order valence-electron chi connectivity index (χ2n) is 15.6. The number of fused-ring (bicyclic) bond motifs is 5. The van der Waals surface area contributed by atoms with Gasteiger partial charge in [0.15, 0.2) is 0 Å². The molecule has 48 heavy (non-hydrogen) atoms. The van der Waals surface area contributed by atoms with E-state index >= 15 is 0 Å². The average Bonchev–Trinajstić information content (AvgIpc) is 3.11. The minimum absolute atomic E-state index is 0. The maximum atomic E-state index is 12.0. The molecule has 18 heteroatoms. The van der Waals surface area contributed by atoms with Crippen molar-refractivity contribution in [1.29, 1.82) is 0 Å². The summed E-state index contributed by atoms with van der Waals surface area (Å²) in [6.07, 6.45) is 1.36. The first-order valence-corrected chi connectivity index (χ1v) is 19.5. The molecule has 10 atom stereocenters. The fraction of sp³-hybridized carbons (Fsp3) is 0.867.